The molecule has 3 aromatic rings. The largest absolute Gasteiger partial charge is 0.441 e. The van der Waals surface area contributed by atoms with Crippen molar-refractivity contribution in [1.29, 1.82) is 0 Å². The summed E-state index contributed by atoms with van der Waals surface area (Å²) in [6, 6.07) is 10.3. The molecule has 0 unspecified atom stereocenters. The van der Waals surface area contributed by atoms with Crippen LogP contribution in [0.2, 0.25) is 0 Å². The molecule has 3 saturated heterocycles. The molecule has 0 bridgehead atoms. The SMILES string of the molecule is CC(C)N1CCC[C@H](c2ccc(-c3cc4c(N5CCN(C(=O)OC6COC6)CC5)ccnn4c3)cc2F)C1. The number of likely N-dealkylation sites (tertiary alicyclic amines) is 1. The molecule has 3 aliphatic rings. The lowest BCUT2D eigenvalue weighted by Gasteiger charge is -2.37. The molecule has 6 rings (SSSR count). The Hall–Kier alpha value is -3.17. The monoisotopic (exact) mass is 521 g/mol. The molecule has 0 radical (unpaired) electrons. The van der Waals surface area contributed by atoms with Gasteiger partial charge in [-0.1, -0.05) is 12.1 Å². The van der Waals surface area contributed by atoms with Gasteiger partial charge < -0.3 is 24.2 Å². The highest BCUT2D eigenvalue weighted by Gasteiger charge is 2.29. The number of hydrogen-bond donors (Lipinski definition) is 0. The predicted octanol–water partition coefficient (Wildman–Crippen LogP) is 4.39. The van der Waals surface area contributed by atoms with Gasteiger partial charge >= 0.3 is 6.09 Å². The van der Waals surface area contributed by atoms with Crippen molar-refractivity contribution in [1.82, 2.24) is 19.4 Å². The number of anilines is 1. The first-order chi connectivity index (χ1) is 18.5. The number of halogens is 1. The van der Waals surface area contributed by atoms with Crippen molar-refractivity contribution in [3.8, 4) is 11.1 Å². The number of benzene rings is 1. The highest BCUT2D eigenvalue weighted by atomic mass is 19.1. The molecule has 38 heavy (non-hydrogen) atoms. The summed E-state index contributed by atoms with van der Waals surface area (Å²) in [4.78, 5) is 18.9. The van der Waals surface area contributed by atoms with Crippen LogP contribution in [0.15, 0.2) is 42.7 Å². The van der Waals surface area contributed by atoms with Crippen LogP contribution < -0.4 is 4.90 Å². The Kier molecular flexibility index (Phi) is 6.97. The average Bonchev–Trinajstić information content (AvgIpc) is 3.35. The quantitative estimate of drug-likeness (QED) is 0.497. The van der Waals surface area contributed by atoms with E-state index in [4.69, 9.17) is 9.47 Å². The Morgan fingerprint density at radius 2 is 1.89 bits per heavy atom. The van der Waals surface area contributed by atoms with Crippen molar-refractivity contribution in [3.05, 3.63) is 54.1 Å². The molecule has 202 valence electrons. The minimum absolute atomic E-state index is 0.115. The van der Waals surface area contributed by atoms with Gasteiger partial charge in [0.15, 0.2) is 6.10 Å². The van der Waals surface area contributed by atoms with Crippen molar-refractivity contribution in [3.63, 3.8) is 0 Å². The molecule has 2 aromatic heterocycles. The third kappa shape index (κ3) is 4.97. The first kappa shape index (κ1) is 25.1. The van der Waals surface area contributed by atoms with Crippen molar-refractivity contribution >= 4 is 17.3 Å². The number of nitrogens with zero attached hydrogens (tertiary/aromatic N) is 5. The lowest BCUT2D eigenvalue weighted by atomic mass is 9.88. The summed E-state index contributed by atoms with van der Waals surface area (Å²) in [5.41, 5.74) is 4.64. The Morgan fingerprint density at radius 3 is 2.61 bits per heavy atom. The van der Waals surface area contributed by atoms with Crippen LogP contribution in [0.1, 0.15) is 38.2 Å². The molecule has 1 atom stereocenters. The number of carbonyl (C=O) groups excluding carboxylic acids is 1. The van der Waals surface area contributed by atoms with Crippen molar-refractivity contribution < 1.29 is 18.7 Å². The zero-order valence-electron chi connectivity index (χ0n) is 22.2. The second kappa shape index (κ2) is 10.5. The zero-order chi connectivity index (χ0) is 26.2. The van der Waals surface area contributed by atoms with Gasteiger partial charge in [-0.05, 0) is 68.5 Å². The Bertz CT molecular complexity index is 1300. The van der Waals surface area contributed by atoms with E-state index >= 15 is 4.39 Å². The van der Waals surface area contributed by atoms with Gasteiger partial charge in [0, 0.05) is 56.7 Å². The minimum Gasteiger partial charge on any atom is -0.441 e. The van der Waals surface area contributed by atoms with Crippen molar-refractivity contribution in [2.75, 3.05) is 57.4 Å². The fraction of sp³-hybridized carbons (Fsp3) is 0.517. The summed E-state index contributed by atoms with van der Waals surface area (Å²) in [6.07, 6.45) is 5.50. The van der Waals surface area contributed by atoms with Gasteiger partial charge in [0.1, 0.15) is 5.82 Å². The van der Waals surface area contributed by atoms with E-state index in [1.165, 1.54) is 0 Å². The van der Waals surface area contributed by atoms with E-state index in [1.807, 2.05) is 28.9 Å². The van der Waals surface area contributed by atoms with Crippen LogP contribution in [-0.4, -0.2) is 90.1 Å². The van der Waals surface area contributed by atoms with E-state index in [0.717, 1.165) is 53.8 Å². The van der Waals surface area contributed by atoms with Gasteiger partial charge in [-0.3, -0.25) is 0 Å². The van der Waals surface area contributed by atoms with Gasteiger partial charge in [0.25, 0.3) is 0 Å². The molecule has 9 heteroatoms. The van der Waals surface area contributed by atoms with Gasteiger partial charge in [-0.25, -0.2) is 13.7 Å². The highest BCUT2D eigenvalue weighted by Crippen LogP contribution is 2.34. The molecular formula is C29H36FN5O3. The summed E-state index contributed by atoms with van der Waals surface area (Å²) in [7, 11) is 0. The average molecular weight is 522 g/mol. The number of piperidine rings is 1. The maximum absolute atomic E-state index is 15.4. The highest BCUT2D eigenvalue weighted by molar-refractivity contribution is 5.80. The summed E-state index contributed by atoms with van der Waals surface area (Å²) >= 11 is 0. The standard InChI is InChI=1S/C29H36FN5O3/c1-20(2)34-9-3-4-22(16-34)25-6-5-21(14-26(25)30)23-15-28-27(7-8-31-35(28)17-23)32-10-12-33(13-11-32)29(36)38-24-18-37-19-24/h5-8,14-15,17,20,22,24H,3-4,9-13,16,18-19H2,1-2H3/t22-/m0/s1. The molecule has 5 heterocycles. The van der Waals surface area contributed by atoms with Crippen LogP contribution in [0.25, 0.3) is 16.6 Å². The number of amides is 1. The summed E-state index contributed by atoms with van der Waals surface area (Å²) in [6.45, 7) is 9.99. The Morgan fingerprint density at radius 1 is 1.08 bits per heavy atom. The fourth-order valence-corrected chi connectivity index (χ4v) is 5.82. The molecule has 0 aliphatic carbocycles. The third-order valence-electron chi connectivity index (χ3n) is 8.20. The predicted molar refractivity (Wildman–Crippen MR) is 144 cm³/mol. The van der Waals surface area contributed by atoms with Crippen LogP contribution in [0.3, 0.4) is 0 Å². The molecule has 0 saturated carbocycles. The summed E-state index contributed by atoms with van der Waals surface area (Å²) < 4.78 is 27.8. The van der Waals surface area contributed by atoms with Crippen LogP contribution in [0.5, 0.6) is 0 Å². The van der Waals surface area contributed by atoms with Gasteiger partial charge in [0.05, 0.1) is 24.4 Å². The molecule has 1 amide bonds. The first-order valence-corrected chi connectivity index (χ1v) is 13.8. The Balaban J connectivity index is 1.17. The number of carbonyl (C=O) groups is 1. The fourth-order valence-electron chi connectivity index (χ4n) is 5.82. The minimum atomic E-state index is -0.265. The van der Waals surface area contributed by atoms with E-state index in [9.17, 15) is 4.79 Å². The number of piperazine rings is 1. The zero-order valence-corrected chi connectivity index (χ0v) is 22.2. The van der Waals surface area contributed by atoms with Gasteiger partial charge in [-0.15, -0.1) is 0 Å². The molecule has 1 aromatic carbocycles. The van der Waals surface area contributed by atoms with Crippen LogP contribution in [0.4, 0.5) is 14.9 Å². The summed E-state index contributed by atoms with van der Waals surface area (Å²) in [5.74, 6) is 0.109. The van der Waals surface area contributed by atoms with Crippen LogP contribution in [-0.2, 0) is 9.47 Å². The second-order valence-electron chi connectivity index (χ2n) is 11.0. The maximum atomic E-state index is 15.4. The maximum Gasteiger partial charge on any atom is 0.410 e. The molecule has 0 N–H and O–H groups in total. The molecule has 3 fully saturated rings. The third-order valence-corrected chi connectivity index (χ3v) is 8.20. The normalized spacial score (nSPS) is 21.2. The molecular weight excluding hydrogens is 485 g/mol. The van der Waals surface area contributed by atoms with E-state index in [2.05, 4.69) is 34.8 Å². The van der Waals surface area contributed by atoms with Crippen LogP contribution in [0, 0.1) is 5.82 Å². The topological polar surface area (TPSA) is 62.5 Å². The lowest BCUT2D eigenvalue weighted by molar-refractivity contribution is -0.104. The lowest BCUT2D eigenvalue weighted by Crippen LogP contribution is -2.51. The van der Waals surface area contributed by atoms with Crippen molar-refractivity contribution in [2.45, 2.75) is 44.8 Å². The number of aromatic nitrogens is 2. The van der Waals surface area contributed by atoms with E-state index < -0.39 is 0 Å². The smallest absolute Gasteiger partial charge is 0.410 e. The summed E-state index contributed by atoms with van der Waals surface area (Å²) in [5, 5.41) is 4.51. The molecule has 3 aliphatic heterocycles. The van der Waals surface area contributed by atoms with Crippen LogP contribution >= 0.6 is 0 Å². The number of fused-ring (bicyclic) bond motifs is 1. The number of hydrogen-bond acceptors (Lipinski definition) is 6. The molecule has 8 nitrogen and oxygen atoms in total. The van der Waals surface area contributed by atoms with Gasteiger partial charge in [-0.2, -0.15) is 5.10 Å². The van der Waals surface area contributed by atoms with Gasteiger partial charge in [0.2, 0.25) is 0 Å². The molecule has 0 spiro atoms. The first-order valence-electron chi connectivity index (χ1n) is 13.8. The number of ether oxygens (including phenoxy) is 2. The van der Waals surface area contributed by atoms with Crippen molar-refractivity contribution in [2.24, 2.45) is 0 Å². The van der Waals surface area contributed by atoms with E-state index in [1.54, 1.807) is 17.2 Å². The number of rotatable bonds is 5. The second-order valence-corrected chi connectivity index (χ2v) is 11.0. The Labute approximate surface area is 222 Å². The van der Waals surface area contributed by atoms with E-state index in [0.29, 0.717) is 45.4 Å². The van der Waals surface area contributed by atoms with E-state index in [-0.39, 0.29) is 23.9 Å².